The van der Waals surface area contributed by atoms with Crippen LogP contribution in [-0.4, -0.2) is 17.0 Å². The van der Waals surface area contributed by atoms with Crippen LogP contribution in [0.1, 0.15) is 60.8 Å². The first-order chi connectivity index (χ1) is 8.10. The maximum Gasteiger partial charge on any atom is 0.137 e. The molecule has 2 nitrogen and oxygen atoms in total. The highest BCUT2D eigenvalue weighted by atomic mass is 16.3. The summed E-state index contributed by atoms with van der Waals surface area (Å²) in [4.78, 5) is 11.6. The monoisotopic (exact) mass is 252 g/mol. The largest absolute Gasteiger partial charge is 0.392 e. The van der Waals surface area contributed by atoms with E-state index >= 15 is 0 Å². The van der Waals surface area contributed by atoms with Crippen LogP contribution in [-0.2, 0) is 4.79 Å². The second-order valence-electron chi connectivity index (χ2n) is 6.91. The number of carbonyl (C=O) groups is 1. The molecular weight excluding hydrogens is 224 g/mol. The summed E-state index contributed by atoms with van der Waals surface area (Å²) in [6, 6.07) is 0. The van der Waals surface area contributed by atoms with Crippen LogP contribution in [0.2, 0.25) is 0 Å². The van der Waals surface area contributed by atoms with Crippen LogP contribution in [0, 0.1) is 16.7 Å². The zero-order chi connectivity index (χ0) is 14.1. The summed E-state index contributed by atoms with van der Waals surface area (Å²) in [6.07, 6.45) is 4.66. The summed E-state index contributed by atoms with van der Waals surface area (Å²) in [5, 5.41) is 10.4. The van der Waals surface area contributed by atoms with Gasteiger partial charge in [0, 0.05) is 5.41 Å². The molecule has 0 amide bonds. The average Bonchev–Trinajstić information content (AvgIpc) is 2.24. The Bertz CT molecular complexity index is 350. The quantitative estimate of drug-likeness (QED) is 0.774. The molecule has 0 aliphatic heterocycles. The number of ketones is 1. The smallest absolute Gasteiger partial charge is 0.137 e. The van der Waals surface area contributed by atoms with Crippen molar-refractivity contribution in [3.63, 3.8) is 0 Å². The van der Waals surface area contributed by atoms with E-state index in [0.29, 0.717) is 12.3 Å². The minimum Gasteiger partial charge on any atom is -0.392 e. The standard InChI is InChI=1S/C16H28O2/c1-11-8-7-9-13(15(11,3)4)10-14(18)16(5,6)12(2)17/h8,13-14,18H,7,9-10H2,1-6H3. The molecule has 104 valence electrons. The molecular formula is C16H28O2. The van der Waals surface area contributed by atoms with E-state index in [1.54, 1.807) is 6.92 Å². The third-order valence-electron chi connectivity index (χ3n) is 5.25. The highest BCUT2D eigenvalue weighted by molar-refractivity contribution is 5.82. The lowest BCUT2D eigenvalue weighted by Gasteiger charge is -2.41. The van der Waals surface area contributed by atoms with E-state index in [2.05, 4.69) is 26.8 Å². The Morgan fingerprint density at radius 3 is 2.61 bits per heavy atom. The minimum atomic E-state index is -0.634. The lowest BCUT2D eigenvalue weighted by Crippen LogP contribution is -2.40. The molecule has 2 unspecified atom stereocenters. The van der Waals surface area contributed by atoms with Crippen LogP contribution in [0.4, 0.5) is 0 Å². The van der Waals surface area contributed by atoms with Gasteiger partial charge in [0.2, 0.25) is 0 Å². The Labute approximate surface area is 111 Å². The van der Waals surface area contributed by atoms with Crippen LogP contribution in [0.3, 0.4) is 0 Å². The van der Waals surface area contributed by atoms with E-state index in [1.807, 2.05) is 13.8 Å². The van der Waals surface area contributed by atoms with Gasteiger partial charge in [-0.15, -0.1) is 0 Å². The van der Waals surface area contributed by atoms with Gasteiger partial charge in [0.15, 0.2) is 0 Å². The molecule has 0 aromatic heterocycles. The van der Waals surface area contributed by atoms with Crippen molar-refractivity contribution in [2.75, 3.05) is 0 Å². The van der Waals surface area contributed by atoms with Crippen molar-refractivity contribution in [3.05, 3.63) is 11.6 Å². The Morgan fingerprint density at radius 2 is 2.11 bits per heavy atom. The molecule has 1 aliphatic carbocycles. The van der Waals surface area contributed by atoms with Gasteiger partial charge in [-0.25, -0.2) is 0 Å². The molecule has 0 saturated carbocycles. The molecule has 2 atom stereocenters. The number of aliphatic hydroxyl groups excluding tert-OH is 1. The number of Topliss-reactive ketones (excluding diaryl/α,β-unsaturated/α-hetero) is 1. The predicted molar refractivity (Wildman–Crippen MR) is 75.3 cm³/mol. The number of hydrogen-bond donors (Lipinski definition) is 1. The summed E-state index contributed by atoms with van der Waals surface area (Å²) < 4.78 is 0. The van der Waals surface area contributed by atoms with Crippen molar-refractivity contribution in [1.29, 1.82) is 0 Å². The van der Waals surface area contributed by atoms with Gasteiger partial charge in [0.1, 0.15) is 5.78 Å². The summed E-state index contributed by atoms with van der Waals surface area (Å²) in [5.74, 6) is 0.520. The Balaban J connectivity index is 2.80. The highest BCUT2D eigenvalue weighted by Crippen LogP contribution is 2.45. The molecule has 0 aromatic carbocycles. The molecule has 0 bridgehead atoms. The van der Waals surface area contributed by atoms with Crippen molar-refractivity contribution in [1.82, 2.24) is 0 Å². The van der Waals surface area contributed by atoms with E-state index < -0.39 is 11.5 Å². The molecule has 0 saturated heterocycles. The number of aliphatic hydroxyl groups is 1. The van der Waals surface area contributed by atoms with Crippen LogP contribution < -0.4 is 0 Å². The first kappa shape index (κ1) is 15.4. The van der Waals surface area contributed by atoms with Crippen molar-refractivity contribution in [2.45, 2.75) is 66.9 Å². The first-order valence-corrected chi connectivity index (χ1v) is 6.96. The second kappa shape index (κ2) is 5.16. The zero-order valence-electron chi connectivity index (χ0n) is 12.7. The van der Waals surface area contributed by atoms with Gasteiger partial charge in [-0.3, -0.25) is 4.79 Å². The van der Waals surface area contributed by atoms with E-state index in [1.165, 1.54) is 5.57 Å². The summed E-state index contributed by atoms with van der Waals surface area (Å²) in [5.41, 5.74) is 0.906. The molecule has 1 aliphatic rings. The number of rotatable bonds is 4. The maximum absolute atomic E-state index is 11.6. The minimum absolute atomic E-state index is 0.0656. The molecule has 0 spiro atoms. The molecule has 18 heavy (non-hydrogen) atoms. The molecule has 0 aromatic rings. The molecule has 1 rings (SSSR count). The topological polar surface area (TPSA) is 37.3 Å². The Hall–Kier alpha value is -0.630. The molecule has 1 N–H and O–H groups in total. The third kappa shape index (κ3) is 2.85. The van der Waals surface area contributed by atoms with Gasteiger partial charge in [-0.05, 0) is 44.4 Å². The fourth-order valence-corrected chi connectivity index (χ4v) is 2.66. The van der Waals surface area contributed by atoms with E-state index in [9.17, 15) is 9.90 Å². The number of allylic oxidation sites excluding steroid dienone is 2. The SMILES string of the molecule is CC(=O)C(C)(C)C(O)CC1CCC=C(C)C1(C)C. The first-order valence-electron chi connectivity index (χ1n) is 6.96. The average molecular weight is 252 g/mol. The third-order valence-corrected chi connectivity index (χ3v) is 5.25. The van der Waals surface area contributed by atoms with Gasteiger partial charge in [-0.2, -0.15) is 0 Å². The van der Waals surface area contributed by atoms with E-state index in [-0.39, 0.29) is 11.2 Å². The van der Waals surface area contributed by atoms with Crippen LogP contribution in [0.15, 0.2) is 11.6 Å². The van der Waals surface area contributed by atoms with Gasteiger partial charge in [0.25, 0.3) is 0 Å². The Kier molecular flexibility index (Phi) is 4.42. The summed E-state index contributed by atoms with van der Waals surface area (Å²) >= 11 is 0. The lowest BCUT2D eigenvalue weighted by atomic mass is 9.64. The van der Waals surface area contributed by atoms with E-state index in [4.69, 9.17) is 0 Å². The zero-order valence-corrected chi connectivity index (χ0v) is 12.7. The van der Waals surface area contributed by atoms with E-state index in [0.717, 1.165) is 12.8 Å². The van der Waals surface area contributed by atoms with Gasteiger partial charge in [0.05, 0.1) is 6.10 Å². The second-order valence-corrected chi connectivity index (χ2v) is 6.91. The van der Waals surface area contributed by atoms with Gasteiger partial charge < -0.3 is 5.11 Å². The maximum atomic E-state index is 11.6. The highest BCUT2D eigenvalue weighted by Gasteiger charge is 2.39. The lowest BCUT2D eigenvalue weighted by molar-refractivity contribution is -0.131. The van der Waals surface area contributed by atoms with Crippen LogP contribution >= 0.6 is 0 Å². The fourth-order valence-electron chi connectivity index (χ4n) is 2.66. The Morgan fingerprint density at radius 1 is 1.56 bits per heavy atom. The van der Waals surface area contributed by atoms with Gasteiger partial charge >= 0.3 is 0 Å². The van der Waals surface area contributed by atoms with Crippen molar-refractivity contribution < 1.29 is 9.90 Å². The normalized spacial score (nSPS) is 25.5. The van der Waals surface area contributed by atoms with Crippen molar-refractivity contribution >= 4 is 5.78 Å². The fraction of sp³-hybridized carbons (Fsp3) is 0.812. The van der Waals surface area contributed by atoms with Crippen molar-refractivity contribution in [2.24, 2.45) is 16.7 Å². The molecule has 0 radical (unpaired) electrons. The van der Waals surface area contributed by atoms with Gasteiger partial charge in [-0.1, -0.05) is 39.3 Å². The number of hydrogen-bond acceptors (Lipinski definition) is 2. The summed E-state index contributed by atoms with van der Waals surface area (Å²) in [6.45, 7) is 11.9. The summed E-state index contributed by atoms with van der Waals surface area (Å²) in [7, 11) is 0. The number of carbonyl (C=O) groups excluding carboxylic acids is 1. The predicted octanol–water partition coefficient (Wildman–Crippen LogP) is 3.74. The van der Waals surface area contributed by atoms with Crippen LogP contribution in [0.25, 0.3) is 0 Å². The molecule has 0 fully saturated rings. The molecule has 0 heterocycles. The van der Waals surface area contributed by atoms with Crippen LogP contribution in [0.5, 0.6) is 0 Å². The molecule has 2 heteroatoms. The van der Waals surface area contributed by atoms with Crippen molar-refractivity contribution in [3.8, 4) is 0 Å².